The summed E-state index contributed by atoms with van der Waals surface area (Å²) >= 11 is 21.6. The fourth-order valence-corrected chi connectivity index (χ4v) is 5.17. The van der Waals surface area contributed by atoms with Crippen LogP contribution in [0.2, 0.25) is 15.1 Å². The van der Waals surface area contributed by atoms with Gasteiger partial charge in [-0.3, -0.25) is 9.10 Å². The number of hydrogen-bond donors (Lipinski definition) is 1. The molecule has 0 spiro atoms. The molecule has 0 radical (unpaired) electrons. The molecule has 0 bridgehead atoms. The SMILES string of the molecule is COc1cc(/C=N\NC(=O)CN(c2ccccc2Cl)S(C)(=O)=O)cc(Br)c1OCc1ccc(Cl)c(Cl)c1. The minimum atomic E-state index is -3.78. The van der Waals surface area contributed by atoms with Gasteiger partial charge in [-0.2, -0.15) is 5.10 Å². The summed E-state index contributed by atoms with van der Waals surface area (Å²) in [4.78, 5) is 12.4. The van der Waals surface area contributed by atoms with Crippen LogP contribution in [0.3, 0.4) is 0 Å². The van der Waals surface area contributed by atoms with Crippen molar-refractivity contribution in [2.75, 3.05) is 24.2 Å². The molecule has 0 saturated carbocycles. The smallest absolute Gasteiger partial charge is 0.260 e. The third-order valence-electron chi connectivity index (χ3n) is 4.83. The normalized spacial score (nSPS) is 11.4. The number of anilines is 1. The molecule has 37 heavy (non-hydrogen) atoms. The van der Waals surface area contributed by atoms with Gasteiger partial charge in [0.1, 0.15) is 13.2 Å². The van der Waals surface area contributed by atoms with E-state index in [-0.39, 0.29) is 17.3 Å². The summed E-state index contributed by atoms with van der Waals surface area (Å²) < 4.78 is 37.3. The van der Waals surface area contributed by atoms with Crippen molar-refractivity contribution in [1.82, 2.24) is 5.43 Å². The Hall–Kier alpha value is -2.50. The van der Waals surface area contributed by atoms with Crippen LogP contribution >= 0.6 is 50.7 Å². The van der Waals surface area contributed by atoms with Gasteiger partial charge in [-0.15, -0.1) is 0 Å². The van der Waals surface area contributed by atoms with Gasteiger partial charge in [0, 0.05) is 0 Å². The van der Waals surface area contributed by atoms with Crippen molar-refractivity contribution in [2.45, 2.75) is 6.61 Å². The number of methoxy groups -OCH3 is 1. The monoisotopic (exact) mass is 647 g/mol. The first kappa shape index (κ1) is 29.1. The van der Waals surface area contributed by atoms with Gasteiger partial charge in [-0.05, 0) is 63.5 Å². The number of ether oxygens (including phenoxy) is 2. The molecule has 1 N–H and O–H groups in total. The van der Waals surface area contributed by atoms with Gasteiger partial charge >= 0.3 is 0 Å². The molecule has 0 heterocycles. The lowest BCUT2D eigenvalue weighted by Crippen LogP contribution is -2.39. The van der Waals surface area contributed by atoms with Crippen molar-refractivity contribution < 1.29 is 22.7 Å². The van der Waals surface area contributed by atoms with E-state index in [4.69, 9.17) is 44.3 Å². The first-order valence-electron chi connectivity index (χ1n) is 10.5. The molecule has 0 aliphatic carbocycles. The molecule has 3 aromatic rings. The zero-order chi connectivity index (χ0) is 27.2. The van der Waals surface area contributed by atoms with Crippen LogP contribution in [0.25, 0.3) is 0 Å². The van der Waals surface area contributed by atoms with Gasteiger partial charge in [0.05, 0.1) is 44.8 Å². The number of halogens is 4. The number of rotatable bonds is 10. The Morgan fingerprint density at radius 1 is 1.08 bits per heavy atom. The minimum Gasteiger partial charge on any atom is -0.493 e. The van der Waals surface area contributed by atoms with Crippen LogP contribution in [0.5, 0.6) is 11.5 Å². The lowest BCUT2D eigenvalue weighted by Gasteiger charge is -2.22. The number of para-hydroxylation sites is 1. The van der Waals surface area contributed by atoms with Crippen LogP contribution in [0, 0.1) is 0 Å². The van der Waals surface area contributed by atoms with E-state index < -0.39 is 22.5 Å². The topological polar surface area (TPSA) is 97.3 Å². The first-order valence-corrected chi connectivity index (χ1v) is 14.3. The second kappa shape index (κ2) is 12.8. The highest BCUT2D eigenvalue weighted by molar-refractivity contribution is 9.10. The van der Waals surface area contributed by atoms with Crippen molar-refractivity contribution in [1.29, 1.82) is 0 Å². The van der Waals surface area contributed by atoms with E-state index >= 15 is 0 Å². The summed E-state index contributed by atoms with van der Waals surface area (Å²) in [5, 5.41) is 5.00. The molecule has 8 nitrogen and oxygen atoms in total. The van der Waals surface area contributed by atoms with Crippen LogP contribution < -0.4 is 19.2 Å². The molecule has 0 fully saturated rings. The van der Waals surface area contributed by atoms with E-state index in [9.17, 15) is 13.2 Å². The van der Waals surface area contributed by atoms with Crippen LogP contribution in [0.15, 0.2) is 64.2 Å². The maximum Gasteiger partial charge on any atom is 0.260 e. The van der Waals surface area contributed by atoms with Gasteiger partial charge in [-0.1, -0.05) is 53.0 Å². The summed E-state index contributed by atoms with van der Waals surface area (Å²) in [6.07, 6.45) is 2.37. The van der Waals surface area contributed by atoms with Crippen LogP contribution in [-0.4, -0.2) is 40.4 Å². The van der Waals surface area contributed by atoms with Gasteiger partial charge in [0.15, 0.2) is 11.5 Å². The van der Waals surface area contributed by atoms with Gasteiger partial charge < -0.3 is 9.47 Å². The maximum atomic E-state index is 12.4. The zero-order valence-electron chi connectivity index (χ0n) is 19.5. The lowest BCUT2D eigenvalue weighted by molar-refractivity contribution is -0.119. The molecule has 0 atom stereocenters. The molecule has 0 aromatic heterocycles. The molecule has 0 saturated heterocycles. The highest BCUT2D eigenvalue weighted by Crippen LogP contribution is 2.37. The summed E-state index contributed by atoms with van der Waals surface area (Å²) in [6, 6.07) is 14.9. The Morgan fingerprint density at radius 2 is 1.81 bits per heavy atom. The van der Waals surface area contributed by atoms with E-state index in [0.717, 1.165) is 16.1 Å². The van der Waals surface area contributed by atoms with Crippen molar-refractivity contribution in [3.63, 3.8) is 0 Å². The maximum absolute atomic E-state index is 12.4. The number of carbonyl (C=O) groups is 1. The molecular formula is C24H21BrCl3N3O5S. The second-order valence-corrected chi connectivity index (χ2v) is 11.6. The van der Waals surface area contributed by atoms with Crippen LogP contribution in [0.1, 0.15) is 11.1 Å². The van der Waals surface area contributed by atoms with E-state index in [1.807, 2.05) is 0 Å². The van der Waals surface area contributed by atoms with E-state index in [0.29, 0.717) is 31.6 Å². The van der Waals surface area contributed by atoms with Crippen molar-refractivity contribution in [3.8, 4) is 11.5 Å². The quantitative estimate of drug-likeness (QED) is 0.218. The van der Waals surface area contributed by atoms with Gasteiger partial charge in [0.2, 0.25) is 10.0 Å². The molecule has 0 aliphatic rings. The number of nitrogens with zero attached hydrogens (tertiary/aromatic N) is 2. The predicted octanol–water partition coefficient (Wildman–Crippen LogP) is 5.91. The molecule has 1 amide bonds. The summed E-state index contributed by atoms with van der Waals surface area (Å²) in [5.41, 5.74) is 3.91. The van der Waals surface area contributed by atoms with Crippen molar-refractivity contribution in [2.24, 2.45) is 5.10 Å². The van der Waals surface area contributed by atoms with Crippen molar-refractivity contribution in [3.05, 3.63) is 85.3 Å². The average Bonchev–Trinajstić information content (AvgIpc) is 2.83. The number of hydrogen-bond acceptors (Lipinski definition) is 6. The highest BCUT2D eigenvalue weighted by Gasteiger charge is 2.22. The summed E-state index contributed by atoms with van der Waals surface area (Å²) in [6.45, 7) is -0.286. The zero-order valence-corrected chi connectivity index (χ0v) is 24.2. The van der Waals surface area contributed by atoms with Crippen molar-refractivity contribution >= 4 is 78.6 Å². The highest BCUT2D eigenvalue weighted by atomic mass is 79.9. The fraction of sp³-hybridized carbons (Fsp3) is 0.167. The Morgan fingerprint density at radius 3 is 2.46 bits per heavy atom. The van der Waals surface area contributed by atoms with Crippen LogP contribution in [-0.2, 0) is 21.4 Å². The van der Waals surface area contributed by atoms with E-state index in [2.05, 4.69) is 26.5 Å². The standard InChI is InChI=1S/C24H21BrCl3N3O5S/c1-35-22-11-16(9-17(25)24(22)36-14-15-7-8-18(26)20(28)10-15)12-29-30-23(32)13-31(37(2,33)34)21-6-4-3-5-19(21)27/h3-12H,13-14H2,1-2H3,(H,30,32)/b29-12-. The van der Waals surface area contributed by atoms with Gasteiger partial charge in [-0.25, -0.2) is 13.8 Å². The Labute approximate surface area is 238 Å². The Bertz CT molecular complexity index is 1440. The number of hydrazone groups is 1. The Balaban J connectivity index is 1.69. The number of amides is 1. The largest absolute Gasteiger partial charge is 0.493 e. The first-order chi connectivity index (χ1) is 17.5. The third kappa shape index (κ3) is 7.99. The average molecular weight is 650 g/mol. The molecule has 3 aromatic carbocycles. The predicted molar refractivity (Wildman–Crippen MR) is 151 cm³/mol. The second-order valence-electron chi connectivity index (χ2n) is 7.59. The van der Waals surface area contributed by atoms with Gasteiger partial charge in [0.25, 0.3) is 5.91 Å². The molecule has 196 valence electrons. The fourth-order valence-electron chi connectivity index (χ4n) is 3.12. The van der Waals surface area contributed by atoms with E-state index in [1.54, 1.807) is 42.5 Å². The number of benzene rings is 3. The summed E-state index contributed by atoms with van der Waals surface area (Å²) in [5.74, 6) is 0.219. The lowest BCUT2D eigenvalue weighted by atomic mass is 10.2. The van der Waals surface area contributed by atoms with Crippen LogP contribution in [0.4, 0.5) is 5.69 Å². The molecule has 13 heteroatoms. The molecular weight excluding hydrogens is 629 g/mol. The number of nitrogens with one attached hydrogen (secondary N) is 1. The summed E-state index contributed by atoms with van der Waals surface area (Å²) in [7, 11) is -2.29. The molecule has 0 aliphatic heterocycles. The molecule has 3 rings (SSSR count). The minimum absolute atomic E-state index is 0.191. The molecule has 0 unspecified atom stereocenters. The number of carbonyl (C=O) groups excluding carboxylic acids is 1. The van der Waals surface area contributed by atoms with E-state index in [1.165, 1.54) is 25.5 Å². The third-order valence-corrected chi connectivity index (χ3v) is 7.60. The Kier molecular flexibility index (Phi) is 10.1. The number of sulfonamides is 1.